The third-order valence-electron chi connectivity index (χ3n) is 5.60. The molecule has 1 heterocycles. The quantitative estimate of drug-likeness (QED) is 0.852. The van der Waals surface area contributed by atoms with Crippen molar-refractivity contribution in [3.8, 4) is 0 Å². The zero-order valence-electron chi connectivity index (χ0n) is 17.1. The summed E-state index contributed by atoms with van der Waals surface area (Å²) in [7, 11) is 0. The van der Waals surface area contributed by atoms with E-state index in [0.717, 1.165) is 24.0 Å². The van der Waals surface area contributed by atoms with Gasteiger partial charge in [-0.15, -0.1) is 0 Å². The molecule has 1 saturated heterocycles. The number of piperidine rings is 1. The number of benzene rings is 2. The zero-order chi connectivity index (χ0) is 20.1. The van der Waals surface area contributed by atoms with Crippen LogP contribution in [0.3, 0.4) is 0 Å². The number of carbonyl (C=O) groups excluding carboxylic acids is 2. The SMILES string of the molecule is Cc1ccc(C(=O)N2CCC(NC(=O)CC(C)(C)c3ccccc3)CC2)cc1. The summed E-state index contributed by atoms with van der Waals surface area (Å²) in [4.78, 5) is 27.1. The van der Waals surface area contributed by atoms with Gasteiger partial charge in [-0.25, -0.2) is 0 Å². The molecule has 2 aromatic rings. The average Bonchev–Trinajstić information content (AvgIpc) is 2.69. The van der Waals surface area contributed by atoms with E-state index in [1.54, 1.807) is 0 Å². The van der Waals surface area contributed by atoms with E-state index in [0.29, 0.717) is 19.5 Å². The Morgan fingerprint density at radius 2 is 1.61 bits per heavy atom. The molecule has 0 bridgehead atoms. The van der Waals surface area contributed by atoms with Crippen molar-refractivity contribution in [2.24, 2.45) is 0 Å². The highest BCUT2D eigenvalue weighted by Crippen LogP contribution is 2.27. The molecule has 0 radical (unpaired) electrons. The number of rotatable bonds is 5. The molecule has 2 aromatic carbocycles. The second kappa shape index (κ2) is 8.59. The highest BCUT2D eigenvalue weighted by Gasteiger charge is 2.28. The van der Waals surface area contributed by atoms with E-state index in [2.05, 4.69) is 31.3 Å². The first-order valence-electron chi connectivity index (χ1n) is 10.1. The standard InChI is InChI=1S/C24H30N2O2/c1-18-9-11-19(12-10-18)23(28)26-15-13-21(14-16-26)25-22(27)17-24(2,3)20-7-5-4-6-8-20/h4-12,21H,13-17H2,1-3H3,(H,25,27). The maximum atomic E-state index is 12.6. The van der Waals surface area contributed by atoms with Crippen molar-refractivity contribution in [1.29, 1.82) is 0 Å². The molecule has 0 saturated carbocycles. The summed E-state index contributed by atoms with van der Waals surface area (Å²) in [5.74, 6) is 0.159. The molecule has 0 aliphatic carbocycles. The van der Waals surface area contributed by atoms with Gasteiger partial charge in [0, 0.05) is 31.1 Å². The van der Waals surface area contributed by atoms with Crippen LogP contribution in [-0.2, 0) is 10.2 Å². The van der Waals surface area contributed by atoms with Gasteiger partial charge in [-0.05, 0) is 42.9 Å². The van der Waals surface area contributed by atoms with Crippen LogP contribution in [0.25, 0.3) is 0 Å². The molecule has 0 atom stereocenters. The van der Waals surface area contributed by atoms with Crippen LogP contribution in [0.15, 0.2) is 54.6 Å². The first-order chi connectivity index (χ1) is 13.3. The molecule has 1 aliphatic rings. The van der Waals surface area contributed by atoms with Crippen LogP contribution in [-0.4, -0.2) is 35.8 Å². The Balaban J connectivity index is 1.49. The van der Waals surface area contributed by atoms with E-state index in [9.17, 15) is 9.59 Å². The fourth-order valence-electron chi connectivity index (χ4n) is 3.78. The third-order valence-corrected chi connectivity index (χ3v) is 5.60. The Morgan fingerprint density at radius 3 is 2.21 bits per heavy atom. The van der Waals surface area contributed by atoms with Gasteiger partial charge in [-0.2, -0.15) is 0 Å². The minimum Gasteiger partial charge on any atom is -0.353 e. The molecular formula is C24H30N2O2. The largest absolute Gasteiger partial charge is 0.353 e. The minimum atomic E-state index is -0.201. The monoisotopic (exact) mass is 378 g/mol. The lowest BCUT2D eigenvalue weighted by Gasteiger charge is -2.33. The van der Waals surface area contributed by atoms with Gasteiger partial charge in [0.25, 0.3) is 5.91 Å². The maximum Gasteiger partial charge on any atom is 0.253 e. The Kier molecular flexibility index (Phi) is 6.18. The molecule has 4 nitrogen and oxygen atoms in total. The molecule has 148 valence electrons. The van der Waals surface area contributed by atoms with Crippen molar-refractivity contribution >= 4 is 11.8 Å². The van der Waals surface area contributed by atoms with Crippen LogP contribution < -0.4 is 5.32 Å². The summed E-state index contributed by atoms with van der Waals surface area (Å²) in [6, 6.07) is 18.0. The van der Waals surface area contributed by atoms with Crippen LogP contribution in [0.4, 0.5) is 0 Å². The Labute approximate surface area is 167 Å². The van der Waals surface area contributed by atoms with Gasteiger partial charge in [-0.1, -0.05) is 61.9 Å². The molecule has 0 spiro atoms. The summed E-state index contributed by atoms with van der Waals surface area (Å²) in [6.07, 6.45) is 2.06. The number of amides is 2. The summed E-state index contributed by atoms with van der Waals surface area (Å²) in [5, 5.41) is 3.17. The summed E-state index contributed by atoms with van der Waals surface area (Å²) in [5.41, 5.74) is 2.85. The number of hydrogen-bond acceptors (Lipinski definition) is 2. The van der Waals surface area contributed by atoms with E-state index >= 15 is 0 Å². The highest BCUT2D eigenvalue weighted by atomic mass is 16.2. The van der Waals surface area contributed by atoms with Crippen molar-refractivity contribution in [2.75, 3.05) is 13.1 Å². The molecule has 1 fully saturated rings. The number of nitrogens with zero attached hydrogens (tertiary/aromatic N) is 1. The van der Waals surface area contributed by atoms with Crippen LogP contribution in [0.5, 0.6) is 0 Å². The molecule has 0 aromatic heterocycles. The Bertz CT molecular complexity index is 804. The van der Waals surface area contributed by atoms with Crippen LogP contribution >= 0.6 is 0 Å². The smallest absolute Gasteiger partial charge is 0.253 e. The molecular weight excluding hydrogens is 348 g/mol. The van der Waals surface area contributed by atoms with Crippen molar-refractivity contribution in [3.05, 3.63) is 71.3 Å². The van der Waals surface area contributed by atoms with Gasteiger partial charge in [-0.3, -0.25) is 9.59 Å². The van der Waals surface area contributed by atoms with E-state index < -0.39 is 0 Å². The zero-order valence-corrected chi connectivity index (χ0v) is 17.1. The van der Waals surface area contributed by atoms with Crippen molar-refractivity contribution in [1.82, 2.24) is 10.2 Å². The normalized spacial score (nSPS) is 15.3. The summed E-state index contributed by atoms with van der Waals surface area (Å²) >= 11 is 0. The van der Waals surface area contributed by atoms with E-state index in [1.165, 1.54) is 5.56 Å². The van der Waals surface area contributed by atoms with Gasteiger partial charge >= 0.3 is 0 Å². The summed E-state index contributed by atoms with van der Waals surface area (Å²) in [6.45, 7) is 7.58. The van der Waals surface area contributed by atoms with Crippen molar-refractivity contribution in [2.45, 2.75) is 51.5 Å². The van der Waals surface area contributed by atoms with Crippen LogP contribution in [0.2, 0.25) is 0 Å². The first kappa shape index (κ1) is 20.1. The first-order valence-corrected chi connectivity index (χ1v) is 10.1. The fraction of sp³-hybridized carbons (Fsp3) is 0.417. The molecule has 0 unspecified atom stereocenters. The third kappa shape index (κ3) is 5.00. The topological polar surface area (TPSA) is 49.4 Å². The van der Waals surface area contributed by atoms with Crippen LogP contribution in [0.1, 0.15) is 54.6 Å². The van der Waals surface area contributed by atoms with Gasteiger partial charge in [0.1, 0.15) is 0 Å². The Hall–Kier alpha value is -2.62. The van der Waals surface area contributed by atoms with Gasteiger partial charge in [0.15, 0.2) is 0 Å². The minimum absolute atomic E-state index is 0.0787. The highest BCUT2D eigenvalue weighted by molar-refractivity contribution is 5.94. The Morgan fingerprint density at radius 1 is 1.00 bits per heavy atom. The van der Waals surface area contributed by atoms with E-state index in [-0.39, 0.29) is 23.3 Å². The lowest BCUT2D eigenvalue weighted by atomic mass is 9.81. The number of nitrogens with one attached hydrogen (secondary N) is 1. The number of hydrogen-bond donors (Lipinski definition) is 1. The number of likely N-dealkylation sites (tertiary alicyclic amines) is 1. The average molecular weight is 379 g/mol. The van der Waals surface area contributed by atoms with Crippen molar-refractivity contribution in [3.63, 3.8) is 0 Å². The second-order valence-corrected chi connectivity index (χ2v) is 8.43. The molecule has 2 amide bonds. The van der Waals surface area contributed by atoms with E-state index in [4.69, 9.17) is 0 Å². The lowest BCUT2D eigenvalue weighted by molar-refractivity contribution is -0.123. The molecule has 1 N–H and O–H groups in total. The molecule has 3 rings (SSSR count). The van der Waals surface area contributed by atoms with Gasteiger partial charge in [0.05, 0.1) is 0 Å². The van der Waals surface area contributed by atoms with Gasteiger partial charge < -0.3 is 10.2 Å². The second-order valence-electron chi connectivity index (χ2n) is 8.43. The predicted molar refractivity (Wildman–Crippen MR) is 112 cm³/mol. The molecule has 1 aliphatic heterocycles. The van der Waals surface area contributed by atoms with Gasteiger partial charge in [0.2, 0.25) is 5.91 Å². The molecule has 4 heteroatoms. The number of carbonyl (C=O) groups is 2. The fourth-order valence-corrected chi connectivity index (χ4v) is 3.78. The van der Waals surface area contributed by atoms with Crippen molar-refractivity contribution < 1.29 is 9.59 Å². The maximum absolute atomic E-state index is 12.6. The van der Waals surface area contributed by atoms with Crippen LogP contribution in [0, 0.1) is 6.92 Å². The molecule has 28 heavy (non-hydrogen) atoms. The van der Waals surface area contributed by atoms with E-state index in [1.807, 2.05) is 54.3 Å². The summed E-state index contributed by atoms with van der Waals surface area (Å²) < 4.78 is 0. The lowest BCUT2D eigenvalue weighted by Crippen LogP contribution is -2.47. The predicted octanol–water partition coefficient (Wildman–Crippen LogP) is 4.08. The number of aryl methyl sites for hydroxylation is 1.